The summed E-state index contributed by atoms with van der Waals surface area (Å²) < 4.78 is 13.1. The predicted molar refractivity (Wildman–Crippen MR) is 85.5 cm³/mol. The van der Waals surface area contributed by atoms with Crippen LogP contribution in [0.3, 0.4) is 0 Å². The van der Waals surface area contributed by atoms with Gasteiger partial charge in [0, 0.05) is 18.8 Å². The van der Waals surface area contributed by atoms with E-state index in [0.29, 0.717) is 12.2 Å². The molecule has 3 nitrogen and oxygen atoms in total. The highest BCUT2D eigenvalue weighted by Gasteiger charge is 2.19. The lowest BCUT2D eigenvalue weighted by atomic mass is 10.00. The van der Waals surface area contributed by atoms with Crippen LogP contribution in [0.15, 0.2) is 42.5 Å². The Labute approximate surface area is 133 Å². The van der Waals surface area contributed by atoms with E-state index >= 15 is 0 Å². The van der Waals surface area contributed by atoms with E-state index in [4.69, 9.17) is 11.6 Å². The van der Waals surface area contributed by atoms with Crippen LogP contribution in [0.2, 0.25) is 5.02 Å². The second-order valence-electron chi connectivity index (χ2n) is 5.32. The summed E-state index contributed by atoms with van der Waals surface area (Å²) in [4.78, 5) is 14.1. The van der Waals surface area contributed by atoms with E-state index in [0.717, 1.165) is 13.0 Å². The molecule has 0 aliphatic carbocycles. The molecular formula is C17H16ClFN2O. The number of rotatable bonds is 3. The molecule has 0 atom stereocenters. The fourth-order valence-corrected chi connectivity index (χ4v) is 2.78. The monoisotopic (exact) mass is 318 g/mol. The van der Waals surface area contributed by atoms with Gasteiger partial charge < -0.3 is 10.2 Å². The van der Waals surface area contributed by atoms with E-state index in [1.807, 2.05) is 17.0 Å². The van der Waals surface area contributed by atoms with Gasteiger partial charge in [-0.1, -0.05) is 35.9 Å². The van der Waals surface area contributed by atoms with Crippen LogP contribution < -0.4 is 5.32 Å². The molecule has 2 aromatic rings. The maximum Gasteiger partial charge on any atom is 0.242 e. The molecule has 0 aromatic heterocycles. The van der Waals surface area contributed by atoms with Crippen molar-refractivity contribution >= 4 is 23.2 Å². The number of nitrogens with one attached hydrogen (secondary N) is 1. The normalized spacial score (nSPS) is 13.6. The van der Waals surface area contributed by atoms with Gasteiger partial charge in [-0.3, -0.25) is 4.79 Å². The number of benzene rings is 2. The predicted octanol–water partition coefficient (Wildman–Crippen LogP) is 3.48. The van der Waals surface area contributed by atoms with Crippen molar-refractivity contribution in [1.29, 1.82) is 0 Å². The number of hydrogen-bond acceptors (Lipinski definition) is 2. The van der Waals surface area contributed by atoms with Crippen LogP contribution >= 0.6 is 11.6 Å². The van der Waals surface area contributed by atoms with Gasteiger partial charge in [-0.05, 0) is 35.7 Å². The third-order valence-corrected chi connectivity index (χ3v) is 4.14. The summed E-state index contributed by atoms with van der Waals surface area (Å²) in [6.07, 6.45) is 0.879. The Morgan fingerprint density at radius 2 is 2.00 bits per heavy atom. The summed E-state index contributed by atoms with van der Waals surface area (Å²) in [5, 5.41) is 3.04. The van der Waals surface area contributed by atoms with Crippen molar-refractivity contribution in [2.45, 2.75) is 13.0 Å². The quantitative estimate of drug-likeness (QED) is 0.939. The fourth-order valence-electron chi connectivity index (χ4n) is 2.60. The van der Waals surface area contributed by atoms with Crippen LogP contribution in [0.5, 0.6) is 0 Å². The fraction of sp³-hybridized carbons (Fsp3) is 0.235. The SMILES string of the molecule is O=C(CNc1ccc(F)c(Cl)c1)N1CCc2ccccc2C1. The van der Waals surface area contributed by atoms with Gasteiger partial charge >= 0.3 is 0 Å². The molecule has 0 unspecified atom stereocenters. The van der Waals surface area contributed by atoms with Crippen LogP contribution in [0, 0.1) is 5.82 Å². The summed E-state index contributed by atoms with van der Waals surface area (Å²) in [6, 6.07) is 12.5. The van der Waals surface area contributed by atoms with Crippen molar-refractivity contribution in [3.63, 3.8) is 0 Å². The molecule has 1 aliphatic heterocycles. The van der Waals surface area contributed by atoms with E-state index in [9.17, 15) is 9.18 Å². The average molecular weight is 319 g/mol. The Hall–Kier alpha value is -2.07. The number of carbonyl (C=O) groups excluding carboxylic acids is 1. The molecule has 0 fully saturated rings. The molecule has 1 amide bonds. The van der Waals surface area contributed by atoms with Gasteiger partial charge in [0.15, 0.2) is 0 Å². The first-order valence-electron chi connectivity index (χ1n) is 7.17. The first-order chi connectivity index (χ1) is 10.6. The van der Waals surface area contributed by atoms with Crippen molar-refractivity contribution in [2.24, 2.45) is 0 Å². The number of nitrogens with zero attached hydrogens (tertiary/aromatic N) is 1. The zero-order valence-electron chi connectivity index (χ0n) is 12.0. The van der Waals surface area contributed by atoms with Gasteiger partial charge in [0.1, 0.15) is 5.82 Å². The van der Waals surface area contributed by atoms with Crippen molar-refractivity contribution in [1.82, 2.24) is 4.90 Å². The van der Waals surface area contributed by atoms with Crippen LogP contribution in [0.4, 0.5) is 10.1 Å². The van der Waals surface area contributed by atoms with E-state index in [-0.39, 0.29) is 17.5 Å². The van der Waals surface area contributed by atoms with Gasteiger partial charge in [0.25, 0.3) is 0 Å². The molecule has 1 N–H and O–H groups in total. The standard InChI is InChI=1S/C17H16ClFN2O/c18-15-9-14(5-6-16(15)19)20-10-17(22)21-8-7-12-3-1-2-4-13(12)11-21/h1-6,9,20H,7-8,10-11H2. The molecular weight excluding hydrogens is 303 g/mol. The minimum Gasteiger partial charge on any atom is -0.376 e. The molecule has 0 radical (unpaired) electrons. The van der Waals surface area contributed by atoms with E-state index in [2.05, 4.69) is 17.4 Å². The van der Waals surface area contributed by atoms with Gasteiger partial charge in [-0.25, -0.2) is 4.39 Å². The Bertz CT molecular complexity index is 705. The second-order valence-corrected chi connectivity index (χ2v) is 5.72. The molecule has 0 bridgehead atoms. The molecule has 2 aromatic carbocycles. The maximum atomic E-state index is 13.1. The molecule has 114 valence electrons. The van der Waals surface area contributed by atoms with Gasteiger partial charge in [0.05, 0.1) is 11.6 Å². The summed E-state index contributed by atoms with van der Waals surface area (Å²) >= 11 is 5.72. The van der Waals surface area contributed by atoms with Crippen molar-refractivity contribution in [2.75, 3.05) is 18.4 Å². The molecule has 5 heteroatoms. The third kappa shape index (κ3) is 3.22. The lowest BCUT2D eigenvalue weighted by Crippen LogP contribution is -2.39. The van der Waals surface area contributed by atoms with Crippen LogP contribution in [-0.2, 0) is 17.8 Å². The Morgan fingerprint density at radius 3 is 2.77 bits per heavy atom. The number of anilines is 1. The lowest BCUT2D eigenvalue weighted by molar-refractivity contribution is -0.130. The van der Waals surface area contributed by atoms with Gasteiger partial charge in [-0.15, -0.1) is 0 Å². The largest absolute Gasteiger partial charge is 0.376 e. The highest BCUT2D eigenvalue weighted by Crippen LogP contribution is 2.20. The lowest BCUT2D eigenvalue weighted by Gasteiger charge is -2.29. The topological polar surface area (TPSA) is 32.3 Å². The maximum absolute atomic E-state index is 13.1. The van der Waals surface area contributed by atoms with Gasteiger partial charge in [0.2, 0.25) is 5.91 Å². The van der Waals surface area contributed by atoms with Crippen LogP contribution in [-0.4, -0.2) is 23.9 Å². The smallest absolute Gasteiger partial charge is 0.242 e. The minimum absolute atomic E-state index is 0.0231. The molecule has 0 spiro atoms. The van der Waals surface area contributed by atoms with Crippen LogP contribution in [0.1, 0.15) is 11.1 Å². The summed E-state index contributed by atoms with van der Waals surface area (Å²) in [5.41, 5.74) is 3.15. The van der Waals surface area contributed by atoms with Crippen LogP contribution in [0.25, 0.3) is 0 Å². The van der Waals surface area contributed by atoms with Gasteiger partial charge in [-0.2, -0.15) is 0 Å². The highest BCUT2D eigenvalue weighted by atomic mass is 35.5. The molecule has 1 aliphatic rings. The number of amides is 1. The average Bonchev–Trinajstić information content (AvgIpc) is 2.55. The highest BCUT2D eigenvalue weighted by molar-refractivity contribution is 6.31. The Balaban J connectivity index is 1.60. The summed E-state index contributed by atoms with van der Waals surface area (Å²) in [5.74, 6) is -0.443. The third-order valence-electron chi connectivity index (χ3n) is 3.85. The molecule has 3 rings (SSSR count). The zero-order chi connectivity index (χ0) is 15.5. The first kappa shape index (κ1) is 14.9. The molecule has 22 heavy (non-hydrogen) atoms. The molecule has 0 saturated heterocycles. The number of hydrogen-bond donors (Lipinski definition) is 1. The zero-order valence-corrected chi connectivity index (χ0v) is 12.7. The Morgan fingerprint density at radius 1 is 1.23 bits per heavy atom. The number of halogens is 2. The van der Waals surface area contributed by atoms with Crippen molar-refractivity contribution in [3.8, 4) is 0 Å². The molecule has 0 saturated carbocycles. The Kier molecular flexibility index (Phi) is 4.29. The van der Waals surface area contributed by atoms with E-state index in [1.54, 1.807) is 6.07 Å². The second kappa shape index (κ2) is 6.36. The first-order valence-corrected chi connectivity index (χ1v) is 7.55. The van der Waals surface area contributed by atoms with Crippen molar-refractivity contribution < 1.29 is 9.18 Å². The minimum atomic E-state index is -0.466. The number of fused-ring (bicyclic) bond motifs is 1. The summed E-state index contributed by atoms with van der Waals surface area (Å²) in [6.45, 7) is 1.53. The molecule has 1 heterocycles. The summed E-state index contributed by atoms with van der Waals surface area (Å²) in [7, 11) is 0. The number of carbonyl (C=O) groups is 1. The van der Waals surface area contributed by atoms with E-state index < -0.39 is 5.82 Å². The van der Waals surface area contributed by atoms with E-state index in [1.165, 1.54) is 23.3 Å². The van der Waals surface area contributed by atoms with Crippen molar-refractivity contribution in [3.05, 3.63) is 64.4 Å².